The molecular formula is C24H34ClF. The highest BCUT2D eigenvalue weighted by Crippen LogP contribution is 2.40. The number of hydrogen-bond acceptors (Lipinski definition) is 0. The second-order valence-corrected chi connectivity index (χ2v) is 8.99. The summed E-state index contributed by atoms with van der Waals surface area (Å²) in [6, 6.07) is 5.38. The molecule has 2 aliphatic carbocycles. The van der Waals surface area contributed by atoms with Crippen LogP contribution in [0.5, 0.6) is 0 Å². The van der Waals surface area contributed by atoms with Crippen LogP contribution in [-0.4, -0.2) is 0 Å². The van der Waals surface area contributed by atoms with E-state index in [9.17, 15) is 4.39 Å². The fraction of sp³-hybridized carbons (Fsp3) is 0.667. The summed E-state index contributed by atoms with van der Waals surface area (Å²) in [5.74, 6) is 2.96. The average molecular weight is 377 g/mol. The van der Waals surface area contributed by atoms with Crippen molar-refractivity contribution >= 4 is 11.6 Å². The van der Waals surface area contributed by atoms with Crippen LogP contribution in [0.25, 0.3) is 0 Å². The Balaban J connectivity index is 1.37. The molecule has 0 unspecified atom stereocenters. The highest BCUT2D eigenvalue weighted by Gasteiger charge is 2.25. The van der Waals surface area contributed by atoms with Crippen molar-refractivity contribution in [1.82, 2.24) is 0 Å². The van der Waals surface area contributed by atoms with Crippen molar-refractivity contribution in [3.8, 4) is 0 Å². The molecule has 3 rings (SSSR count). The zero-order chi connectivity index (χ0) is 18.4. The molecule has 0 atom stereocenters. The van der Waals surface area contributed by atoms with E-state index in [4.69, 9.17) is 11.6 Å². The molecular weight excluding hydrogens is 343 g/mol. The quantitative estimate of drug-likeness (QED) is 0.438. The Kier molecular flexibility index (Phi) is 7.61. The van der Waals surface area contributed by atoms with Crippen LogP contribution in [0, 0.1) is 23.6 Å². The van der Waals surface area contributed by atoms with E-state index >= 15 is 0 Å². The van der Waals surface area contributed by atoms with Gasteiger partial charge in [0.2, 0.25) is 0 Å². The Morgan fingerprint density at radius 3 is 2.15 bits per heavy atom. The number of rotatable bonds is 6. The maximum Gasteiger partial charge on any atom is 0.142 e. The Morgan fingerprint density at radius 2 is 1.58 bits per heavy atom. The Hall–Kier alpha value is -0.820. The second-order valence-electron chi connectivity index (χ2n) is 8.59. The Morgan fingerprint density at radius 1 is 0.962 bits per heavy atom. The number of halogens is 2. The van der Waals surface area contributed by atoms with E-state index in [1.54, 1.807) is 12.1 Å². The third kappa shape index (κ3) is 5.59. The van der Waals surface area contributed by atoms with Crippen LogP contribution in [0.4, 0.5) is 4.39 Å². The van der Waals surface area contributed by atoms with Gasteiger partial charge in [0, 0.05) is 0 Å². The summed E-state index contributed by atoms with van der Waals surface area (Å²) in [5, 5.41) is 0.238. The summed E-state index contributed by atoms with van der Waals surface area (Å²) >= 11 is 5.81. The van der Waals surface area contributed by atoms with Gasteiger partial charge in [-0.3, -0.25) is 0 Å². The van der Waals surface area contributed by atoms with E-state index in [1.165, 1.54) is 70.6 Å². The molecule has 144 valence electrons. The maximum absolute atomic E-state index is 13.7. The largest absolute Gasteiger partial charge is 0.205 e. The van der Waals surface area contributed by atoms with Crippen LogP contribution in [0.3, 0.4) is 0 Å². The molecule has 0 spiro atoms. The molecule has 0 amide bonds. The predicted octanol–water partition coefficient (Wildman–Crippen LogP) is 8.31. The van der Waals surface area contributed by atoms with Crippen molar-refractivity contribution in [2.45, 2.75) is 83.5 Å². The molecule has 0 N–H and O–H groups in total. The molecule has 2 saturated carbocycles. The fourth-order valence-corrected chi connectivity index (χ4v) is 5.14. The van der Waals surface area contributed by atoms with Crippen molar-refractivity contribution in [3.05, 3.63) is 46.8 Å². The molecule has 26 heavy (non-hydrogen) atoms. The Labute approximate surface area is 164 Å². The van der Waals surface area contributed by atoms with Crippen LogP contribution in [0.1, 0.15) is 89.0 Å². The molecule has 1 aromatic carbocycles. The van der Waals surface area contributed by atoms with Gasteiger partial charge in [0.25, 0.3) is 0 Å². The third-order valence-electron chi connectivity index (χ3n) is 6.78. The van der Waals surface area contributed by atoms with E-state index in [0.717, 1.165) is 23.3 Å². The first kappa shape index (κ1) is 19.9. The molecule has 0 aromatic heterocycles. The summed E-state index contributed by atoms with van der Waals surface area (Å²) in [6.45, 7) is 2.22. The topological polar surface area (TPSA) is 0 Å². The molecule has 1 aromatic rings. The lowest BCUT2D eigenvalue weighted by molar-refractivity contribution is 0.246. The Bertz CT molecular complexity index is 578. The van der Waals surface area contributed by atoms with Gasteiger partial charge < -0.3 is 0 Å². The summed E-state index contributed by atoms with van der Waals surface area (Å²) in [5.41, 5.74) is 1.14. The van der Waals surface area contributed by atoms with Crippen LogP contribution in [0.15, 0.2) is 30.4 Å². The first-order valence-corrected chi connectivity index (χ1v) is 11.1. The minimum Gasteiger partial charge on any atom is -0.205 e. The van der Waals surface area contributed by atoms with Crippen molar-refractivity contribution in [2.24, 2.45) is 17.8 Å². The molecule has 2 aliphatic rings. The van der Waals surface area contributed by atoms with Crippen molar-refractivity contribution in [2.75, 3.05) is 0 Å². The van der Waals surface area contributed by atoms with Crippen LogP contribution < -0.4 is 0 Å². The minimum absolute atomic E-state index is 0.238. The van der Waals surface area contributed by atoms with Crippen molar-refractivity contribution < 1.29 is 4.39 Å². The zero-order valence-corrected chi connectivity index (χ0v) is 17.0. The smallest absolute Gasteiger partial charge is 0.142 e. The zero-order valence-electron chi connectivity index (χ0n) is 16.2. The van der Waals surface area contributed by atoms with Crippen molar-refractivity contribution in [1.29, 1.82) is 0 Å². The summed E-state index contributed by atoms with van der Waals surface area (Å²) in [6.07, 6.45) is 19.5. The van der Waals surface area contributed by atoms with Gasteiger partial charge in [-0.25, -0.2) is 4.39 Å². The standard InChI is InChI=1S/C24H34ClF/c1-2-3-4-18-5-7-19(8-6-18)9-10-20-11-13-21(14-12-20)22-15-16-23(25)24(26)17-22/h3-4,15-21H,2,5-14H2,1H3/b4-3+/t18-,19-,20?,21?. The number of hydrogen-bond donors (Lipinski definition) is 0. The van der Waals surface area contributed by atoms with Gasteiger partial charge in [-0.05, 0) is 99.2 Å². The van der Waals surface area contributed by atoms with E-state index < -0.39 is 0 Å². The minimum atomic E-state index is -0.268. The lowest BCUT2D eigenvalue weighted by Crippen LogP contribution is -2.17. The summed E-state index contributed by atoms with van der Waals surface area (Å²) < 4.78 is 13.7. The SMILES string of the molecule is CC/C=C/[C@H]1CC[C@H](CCC2CCC(c3ccc(Cl)c(F)c3)CC2)CC1. The first-order valence-electron chi connectivity index (χ1n) is 10.8. The van der Waals surface area contributed by atoms with Gasteiger partial charge in [-0.1, -0.05) is 49.6 Å². The molecule has 0 heterocycles. The van der Waals surface area contributed by atoms with E-state index in [-0.39, 0.29) is 10.8 Å². The van der Waals surface area contributed by atoms with E-state index in [1.807, 2.05) is 6.07 Å². The first-order chi connectivity index (χ1) is 12.7. The van der Waals surface area contributed by atoms with Crippen molar-refractivity contribution in [3.63, 3.8) is 0 Å². The highest BCUT2D eigenvalue weighted by molar-refractivity contribution is 6.30. The molecule has 0 radical (unpaired) electrons. The van der Waals surface area contributed by atoms with Gasteiger partial charge in [0.05, 0.1) is 5.02 Å². The molecule has 0 aliphatic heterocycles. The van der Waals surface area contributed by atoms with Gasteiger partial charge in [-0.2, -0.15) is 0 Å². The molecule has 0 saturated heterocycles. The monoisotopic (exact) mass is 376 g/mol. The third-order valence-corrected chi connectivity index (χ3v) is 7.09. The van der Waals surface area contributed by atoms with Gasteiger partial charge in [0.15, 0.2) is 0 Å². The lowest BCUT2D eigenvalue weighted by atomic mass is 9.74. The predicted molar refractivity (Wildman–Crippen MR) is 110 cm³/mol. The highest BCUT2D eigenvalue weighted by atomic mass is 35.5. The van der Waals surface area contributed by atoms with Crippen LogP contribution in [0.2, 0.25) is 5.02 Å². The molecule has 0 nitrogen and oxygen atoms in total. The normalized spacial score (nSPS) is 30.0. The second kappa shape index (κ2) is 9.93. The summed E-state index contributed by atoms with van der Waals surface area (Å²) in [4.78, 5) is 0. The van der Waals surface area contributed by atoms with Gasteiger partial charge >= 0.3 is 0 Å². The average Bonchev–Trinajstić information content (AvgIpc) is 2.68. The van der Waals surface area contributed by atoms with Gasteiger partial charge in [-0.15, -0.1) is 0 Å². The molecule has 2 fully saturated rings. The van der Waals surface area contributed by atoms with E-state index in [0.29, 0.717) is 5.92 Å². The molecule has 0 bridgehead atoms. The van der Waals surface area contributed by atoms with E-state index in [2.05, 4.69) is 19.1 Å². The van der Waals surface area contributed by atoms with Crippen LogP contribution >= 0.6 is 11.6 Å². The number of benzene rings is 1. The summed E-state index contributed by atoms with van der Waals surface area (Å²) in [7, 11) is 0. The fourth-order valence-electron chi connectivity index (χ4n) is 5.02. The van der Waals surface area contributed by atoms with Gasteiger partial charge in [0.1, 0.15) is 5.82 Å². The number of allylic oxidation sites excluding steroid dienone is 2. The van der Waals surface area contributed by atoms with Crippen LogP contribution in [-0.2, 0) is 0 Å². The maximum atomic E-state index is 13.7. The lowest BCUT2D eigenvalue weighted by Gasteiger charge is -2.31. The molecule has 2 heteroatoms.